The number of nitrogen functional groups attached to an aromatic ring is 1. The molecule has 0 radical (unpaired) electrons. The molecule has 0 amide bonds. The number of hydrogen-bond acceptors (Lipinski definition) is 4. The van der Waals surface area contributed by atoms with Gasteiger partial charge in [-0.15, -0.1) is 0 Å². The van der Waals surface area contributed by atoms with E-state index in [2.05, 4.69) is 5.43 Å². The Hall–Kier alpha value is -1.11. The number of sulfonamides is 1. The molecule has 5 nitrogen and oxygen atoms in total. The Morgan fingerprint density at radius 3 is 2.55 bits per heavy atom. The van der Waals surface area contributed by atoms with Crippen molar-refractivity contribution in [2.45, 2.75) is 37.0 Å². The van der Waals surface area contributed by atoms with Crippen molar-refractivity contribution in [1.29, 1.82) is 0 Å². The largest absolute Gasteiger partial charge is 0.323 e. The SMILES string of the molecule is CN(CC1CCCCC1)S(=O)(=O)c1ccccc1NN. The third-order valence-corrected chi connectivity index (χ3v) is 5.85. The van der Waals surface area contributed by atoms with Crippen molar-refractivity contribution < 1.29 is 8.42 Å². The molecule has 1 aromatic carbocycles. The lowest BCUT2D eigenvalue weighted by molar-refractivity contribution is 0.300. The summed E-state index contributed by atoms with van der Waals surface area (Å²) in [7, 11) is -1.84. The quantitative estimate of drug-likeness (QED) is 0.645. The molecule has 3 N–H and O–H groups in total. The molecular weight excluding hydrogens is 274 g/mol. The van der Waals surface area contributed by atoms with E-state index >= 15 is 0 Å². The minimum absolute atomic E-state index is 0.237. The van der Waals surface area contributed by atoms with E-state index in [0.29, 0.717) is 18.2 Å². The molecule has 1 aromatic rings. The molecule has 0 aliphatic heterocycles. The second-order valence-electron chi connectivity index (χ2n) is 5.43. The Labute approximate surface area is 121 Å². The molecule has 1 aliphatic rings. The average molecular weight is 297 g/mol. The highest BCUT2D eigenvalue weighted by Gasteiger charge is 2.26. The maximum absolute atomic E-state index is 12.6. The molecule has 0 saturated heterocycles. The van der Waals surface area contributed by atoms with Crippen LogP contribution in [0.1, 0.15) is 32.1 Å². The Morgan fingerprint density at radius 1 is 1.25 bits per heavy atom. The van der Waals surface area contributed by atoms with Gasteiger partial charge >= 0.3 is 0 Å². The lowest BCUT2D eigenvalue weighted by atomic mass is 9.89. The molecule has 0 unspecified atom stereocenters. The number of anilines is 1. The van der Waals surface area contributed by atoms with E-state index in [1.165, 1.54) is 23.6 Å². The van der Waals surface area contributed by atoms with Crippen LogP contribution in [0.15, 0.2) is 29.2 Å². The van der Waals surface area contributed by atoms with Crippen molar-refractivity contribution in [2.75, 3.05) is 19.0 Å². The predicted octanol–water partition coefficient (Wildman–Crippen LogP) is 2.17. The maximum atomic E-state index is 12.6. The molecule has 0 spiro atoms. The minimum atomic E-state index is -3.49. The van der Waals surface area contributed by atoms with Crippen LogP contribution in [0.4, 0.5) is 5.69 Å². The van der Waals surface area contributed by atoms with Crippen LogP contribution in [0.2, 0.25) is 0 Å². The van der Waals surface area contributed by atoms with Gasteiger partial charge in [-0.3, -0.25) is 5.84 Å². The first-order valence-electron chi connectivity index (χ1n) is 7.07. The molecule has 0 bridgehead atoms. The standard InChI is InChI=1S/C14H23N3O2S/c1-17(11-12-7-3-2-4-8-12)20(18,19)14-10-6-5-9-13(14)16-15/h5-6,9-10,12,16H,2-4,7-8,11,15H2,1H3. The number of para-hydroxylation sites is 1. The third kappa shape index (κ3) is 3.31. The predicted molar refractivity (Wildman–Crippen MR) is 80.6 cm³/mol. The third-order valence-electron chi connectivity index (χ3n) is 3.97. The topological polar surface area (TPSA) is 75.4 Å². The van der Waals surface area contributed by atoms with Gasteiger partial charge in [0.15, 0.2) is 0 Å². The first-order chi connectivity index (χ1) is 9.55. The van der Waals surface area contributed by atoms with Gasteiger partial charge in [0, 0.05) is 13.6 Å². The fourth-order valence-corrected chi connectivity index (χ4v) is 4.21. The van der Waals surface area contributed by atoms with Gasteiger partial charge in [0.2, 0.25) is 10.0 Å². The van der Waals surface area contributed by atoms with Crippen LogP contribution in [-0.2, 0) is 10.0 Å². The number of rotatable bonds is 5. The van der Waals surface area contributed by atoms with E-state index in [1.807, 2.05) is 0 Å². The normalized spacial score (nSPS) is 17.4. The zero-order valence-corrected chi connectivity index (χ0v) is 12.7. The summed E-state index contributed by atoms with van der Waals surface area (Å²) in [5.74, 6) is 5.87. The molecule has 2 rings (SSSR count). The minimum Gasteiger partial charge on any atom is -0.323 e. The number of benzene rings is 1. The molecule has 1 fully saturated rings. The van der Waals surface area contributed by atoms with Gasteiger partial charge in [0.25, 0.3) is 0 Å². The molecule has 0 aromatic heterocycles. The summed E-state index contributed by atoms with van der Waals surface area (Å²) >= 11 is 0. The van der Waals surface area contributed by atoms with Crippen LogP contribution in [0.5, 0.6) is 0 Å². The summed E-state index contributed by atoms with van der Waals surface area (Å²) < 4.78 is 26.7. The van der Waals surface area contributed by atoms with Crippen molar-refractivity contribution >= 4 is 15.7 Å². The second-order valence-corrected chi connectivity index (χ2v) is 7.44. The summed E-state index contributed by atoms with van der Waals surface area (Å²) in [6.07, 6.45) is 5.93. The van der Waals surface area contributed by atoms with Crippen LogP contribution in [-0.4, -0.2) is 26.3 Å². The van der Waals surface area contributed by atoms with Crippen LogP contribution in [0, 0.1) is 5.92 Å². The van der Waals surface area contributed by atoms with Gasteiger partial charge in [-0.2, -0.15) is 0 Å². The monoisotopic (exact) mass is 297 g/mol. The first kappa shape index (κ1) is 15.3. The van der Waals surface area contributed by atoms with E-state index in [4.69, 9.17) is 5.84 Å². The second kappa shape index (κ2) is 6.56. The molecule has 6 heteroatoms. The number of nitrogens with one attached hydrogen (secondary N) is 1. The molecule has 112 valence electrons. The van der Waals surface area contributed by atoms with Crippen LogP contribution in [0.3, 0.4) is 0 Å². The van der Waals surface area contributed by atoms with E-state index < -0.39 is 10.0 Å². The van der Waals surface area contributed by atoms with Crippen molar-refractivity contribution in [2.24, 2.45) is 11.8 Å². The van der Waals surface area contributed by atoms with Crippen molar-refractivity contribution in [1.82, 2.24) is 4.31 Å². The molecule has 0 heterocycles. The van der Waals surface area contributed by atoms with Gasteiger partial charge in [-0.05, 0) is 30.9 Å². The lowest BCUT2D eigenvalue weighted by Gasteiger charge is -2.27. The van der Waals surface area contributed by atoms with Gasteiger partial charge < -0.3 is 5.43 Å². The van der Waals surface area contributed by atoms with Gasteiger partial charge in [-0.1, -0.05) is 31.4 Å². The molecule has 1 aliphatic carbocycles. The van der Waals surface area contributed by atoms with Gasteiger partial charge in [0.05, 0.1) is 5.69 Å². The zero-order valence-electron chi connectivity index (χ0n) is 11.9. The smallest absolute Gasteiger partial charge is 0.244 e. The van der Waals surface area contributed by atoms with E-state index in [-0.39, 0.29) is 4.90 Å². The molecular formula is C14H23N3O2S. The highest BCUT2D eigenvalue weighted by molar-refractivity contribution is 7.89. The highest BCUT2D eigenvalue weighted by atomic mass is 32.2. The fraction of sp³-hybridized carbons (Fsp3) is 0.571. The van der Waals surface area contributed by atoms with Gasteiger partial charge in [-0.25, -0.2) is 12.7 Å². The highest BCUT2D eigenvalue weighted by Crippen LogP contribution is 2.28. The Morgan fingerprint density at radius 2 is 1.90 bits per heavy atom. The molecule has 0 atom stereocenters. The van der Waals surface area contributed by atoms with Gasteiger partial charge in [0.1, 0.15) is 4.90 Å². The number of hydrogen-bond donors (Lipinski definition) is 2. The van der Waals surface area contributed by atoms with E-state index in [0.717, 1.165) is 12.8 Å². The summed E-state index contributed by atoms with van der Waals surface area (Å²) in [6.45, 7) is 0.585. The van der Waals surface area contributed by atoms with Crippen LogP contribution >= 0.6 is 0 Å². The Balaban J connectivity index is 2.16. The lowest BCUT2D eigenvalue weighted by Crippen LogP contribution is -2.33. The Bertz CT molecular complexity index is 539. The first-order valence-corrected chi connectivity index (χ1v) is 8.51. The Kier molecular flexibility index (Phi) is 5.01. The summed E-state index contributed by atoms with van der Waals surface area (Å²) in [4.78, 5) is 0.237. The van der Waals surface area contributed by atoms with E-state index in [9.17, 15) is 8.42 Å². The summed E-state index contributed by atoms with van der Waals surface area (Å²) in [6, 6.07) is 6.72. The van der Waals surface area contributed by atoms with Crippen LogP contribution < -0.4 is 11.3 Å². The molecule has 20 heavy (non-hydrogen) atoms. The number of nitrogens with two attached hydrogens (primary N) is 1. The number of hydrazine groups is 1. The van der Waals surface area contributed by atoms with Crippen molar-refractivity contribution in [3.63, 3.8) is 0 Å². The van der Waals surface area contributed by atoms with Crippen molar-refractivity contribution in [3.8, 4) is 0 Å². The van der Waals surface area contributed by atoms with E-state index in [1.54, 1.807) is 31.3 Å². The summed E-state index contributed by atoms with van der Waals surface area (Å²) in [5, 5.41) is 0. The maximum Gasteiger partial charge on any atom is 0.244 e. The molecule has 1 saturated carbocycles. The van der Waals surface area contributed by atoms with Crippen LogP contribution in [0.25, 0.3) is 0 Å². The zero-order chi connectivity index (χ0) is 14.6. The fourth-order valence-electron chi connectivity index (χ4n) is 2.81. The summed E-state index contributed by atoms with van der Waals surface area (Å²) in [5.41, 5.74) is 2.89. The average Bonchev–Trinajstić information content (AvgIpc) is 2.48. The van der Waals surface area contributed by atoms with Crippen molar-refractivity contribution in [3.05, 3.63) is 24.3 Å². The number of nitrogens with zero attached hydrogens (tertiary/aromatic N) is 1.